The fraction of sp³-hybridized carbons (Fsp3) is 0.286. The van der Waals surface area contributed by atoms with Crippen LogP contribution in [-0.4, -0.2) is 78.6 Å². The Balaban J connectivity index is 0.00000289. The van der Waals surface area contributed by atoms with Crippen molar-refractivity contribution in [3.63, 3.8) is 0 Å². The van der Waals surface area contributed by atoms with Crippen LogP contribution in [0.3, 0.4) is 0 Å². The largest absolute Gasteiger partial charge is 1.00 e. The van der Waals surface area contributed by atoms with Crippen LogP contribution >= 0.6 is 0 Å². The molecule has 0 unspecified atom stereocenters. The van der Waals surface area contributed by atoms with Crippen molar-refractivity contribution < 1.29 is 87.9 Å². The molecule has 178 valence electrons. The third kappa shape index (κ3) is 6.43. The summed E-state index contributed by atoms with van der Waals surface area (Å²) in [6.45, 7) is 0.0223. The fourth-order valence-corrected chi connectivity index (χ4v) is 4.94. The van der Waals surface area contributed by atoms with Gasteiger partial charge in [-0.2, -0.15) is 25.3 Å². The van der Waals surface area contributed by atoms with Gasteiger partial charge in [0.05, 0.1) is 6.04 Å². The molecule has 2 atom stereocenters. The minimum atomic E-state index is -5.11. The normalized spacial score (nSPS) is 20.8. The number of hydrogen-bond acceptors (Lipinski definition) is 10. The number of amides is 2. The van der Waals surface area contributed by atoms with Gasteiger partial charge >= 0.3 is 60.7 Å². The fourth-order valence-electron chi connectivity index (χ4n) is 3.32. The number of benzene rings is 1. The number of hydrogen-bond donors (Lipinski definition) is 3. The third-order valence-electron chi connectivity index (χ3n) is 4.45. The third-order valence-corrected chi connectivity index (χ3v) is 6.17. The SMILES string of the molecule is O=C(C=Cc1ccc(OS(=O)(=O)O)c(OS(=O)(=O)O)c1)N1CC[C@@H]2[C@H]1C(=O)N2S(=O)(=O)O.[H-].[Na+]. The Morgan fingerprint density at radius 2 is 1.61 bits per heavy atom. The summed E-state index contributed by atoms with van der Waals surface area (Å²) in [7, 11) is -14.9. The summed E-state index contributed by atoms with van der Waals surface area (Å²) in [5.41, 5.74) is 0.0509. The van der Waals surface area contributed by atoms with E-state index in [1.165, 1.54) is 0 Å². The van der Waals surface area contributed by atoms with Crippen molar-refractivity contribution >= 4 is 49.0 Å². The van der Waals surface area contributed by atoms with Crippen LogP contribution in [0.25, 0.3) is 6.08 Å². The maximum Gasteiger partial charge on any atom is 1.00 e. The monoisotopic (exact) mass is 538 g/mol. The first-order valence-corrected chi connectivity index (χ1v) is 12.5. The van der Waals surface area contributed by atoms with Gasteiger partial charge in [-0.1, -0.05) is 6.07 Å². The van der Waals surface area contributed by atoms with Crippen molar-refractivity contribution in [3.05, 3.63) is 29.8 Å². The first-order valence-electron chi connectivity index (χ1n) is 8.34. The standard InChI is InChI=1S/C14H14N2O13S3.Na.H/c17-12(15-6-5-9-13(15)14(18)16(9)30(19,20)21)4-2-8-1-3-10(28-31(22,23)24)11(7-8)29-32(25,26)27;;/h1-4,7,9,13H,5-6H2,(H,19,20,21)(H,22,23,24)(H,25,26,27);;/q;+1;-1/t9-,13+;;/m1../s1. The van der Waals surface area contributed by atoms with Gasteiger partial charge in [0.2, 0.25) is 5.91 Å². The molecule has 0 bridgehead atoms. The van der Waals surface area contributed by atoms with E-state index in [-0.39, 0.29) is 49.5 Å². The zero-order valence-corrected chi connectivity index (χ0v) is 20.9. The van der Waals surface area contributed by atoms with E-state index in [1.807, 2.05) is 0 Å². The second-order valence-corrected chi connectivity index (χ2v) is 9.84. The van der Waals surface area contributed by atoms with Gasteiger partial charge in [-0.25, -0.2) is 4.31 Å². The van der Waals surface area contributed by atoms with Gasteiger partial charge in [0.25, 0.3) is 5.91 Å². The molecule has 3 N–H and O–H groups in total. The van der Waals surface area contributed by atoms with Crippen molar-refractivity contribution in [2.45, 2.75) is 18.5 Å². The summed E-state index contributed by atoms with van der Waals surface area (Å²) in [5.74, 6) is -3.30. The van der Waals surface area contributed by atoms with Crippen molar-refractivity contribution in [2.75, 3.05) is 6.54 Å². The number of carbonyl (C=O) groups excluding carboxylic acids is 2. The number of rotatable bonds is 7. The molecule has 33 heavy (non-hydrogen) atoms. The molecule has 2 fully saturated rings. The van der Waals surface area contributed by atoms with E-state index in [4.69, 9.17) is 13.7 Å². The van der Waals surface area contributed by atoms with E-state index in [9.17, 15) is 34.8 Å². The van der Waals surface area contributed by atoms with Crippen LogP contribution in [0.4, 0.5) is 0 Å². The number of β-lactam (4-membered cyclic amide) rings is 1. The molecular formula is C14H15N2NaO13S3. The van der Waals surface area contributed by atoms with Crippen molar-refractivity contribution in [3.8, 4) is 11.5 Å². The zero-order valence-electron chi connectivity index (χ0n) is 17.5. The van der Waals surface area contributed by atoms with E-state index in [0.717, 1.165) is 35.3 Å². The van der Waals surface area contributed by atoms with Crippen LogP contribution < -0.4 is 37.9 Å². The van der Waals surface area contributed by atoms with E-state index < -0.39 is 66.5 Å². The summed E-state index contributed by atoms with van der Waals surface area (Å²) < 4.78 is 101. The molecule has 0 radical (unpaired) electrons. The Bertz CT molecular complexity index is 1330. The second kappa shape index (κ2) is 9.47. The van der Waals surface area contributed by atoms with E-state index in [0.29, 0.717) is 4.31 Å². The number of nitrogens with zero attached hydrogens (tertiary/aromatic N) is 2. The van der Waals surface area contributed by atoms with Crippen LogP contribution in [0.5, 0.6) is 11.5 Å². The van der Waals surface area contributed by atoms with Crippen molar-refractivity contribution in [1.29, 1.82) is 0 Å². The number of carbonyl (C=O) groups is 2. The first kappa shape index (κ1) is 27.5. The predicted octanol–water partition coefficient (Wildman–Crippen LogP) is -4.21. The van der Waals surface area contributed by atoms with Gasteiger partial charge in [0.15, 0.2) is 11.5 Å². The molecule has 0 spiro atoms. The van der Waals surface area contributed by atoms with E-state index in [2.05, 4.69) is 8.37 Å². The molecule has 1 aromatic rings. The summed E-state index contributed by atoms with van der Waals surface area (Å²) in [6, 6.07) is 0.908. The average Bonchev–Trinajstić information content (AvgIpc) is 2.96. The van der Waals surface area contributed by atoms with Crippen molar-refractivity contribution in [2.24, 2.45) is 0 Å². The average molecular weight is 538 g/mol. The summed E-state index contributed by atoms with van der Waals surface area (Å²) in [5, 5.41) is 0. The Morgan fingerprint density at radius 3 is 2.15 bits per heavy atom. The summed E-state index contributed by atoms with van der Waals surface area (Å²) >= 11 is 0. The molecule has 1 aromatic carbocycles. The molecule has 19 heteroatoms. The van der Waals surface area contributed by atoms with Gasteiger partial charge in [0.1, 0.15) is 6.04 Å². The molecule has 0 aromatic heterocycles. The van der Waals surface area contributed by atoms with Gasteiger partial charge in [-0.3, -0.25) is 23.2 Å². The minimum Gasteiger partial charge on any atom is -1.00 e. The second-order valence-electron chi connectivity index (χ2n) is 6.51. The molecule has 15 nitrogen and oxygen atoms in total. The quantitative estimate of drug-likeness (QED) is 0.130. The molecule has 2 saturated heterocycles. The maximum atomic E-state index is 12.4. The Hall–Kier alpha value is -1.77. The zero-order chi connectivity index (χ0) is 24.1. The number of likely N-dealkylation sites (tertiary alicyclic amines) is 1. The number of fused-ring (bicyclic) bond motifs is 1. The molecule has 2 aliphatic heterocycles. The molecule has 2 amide bonds. The molecule has 0 aliphatic carbocycles. The van der Waals surface area contributed by atoms with Crippen LogP contribution in [0.1, 0.15) is 13.4 Å². The van der Waals surface area contributed by atoms with Crippen LogP contribution in [0, 0.1) is 0 Å². The predicted molar refractivity (Wildman–Crippen MR) is 103 cm³/mol. The van der Waals surface area contributed by atoms with E-state index in [1.54, 1.807) is 0 Å². The maximum absolute atomic E-state index is 12.4. The van der Waals surface area contributed by atoms with E-state index >= 15 is 0 Å². The van der Waals surface area contributed by atoms with Gasteiger partial charge in [0, 0.05) is 12.6 Å². The van der Waals surface area contributed by atoms with Crippen LogP contribution in [-0.2, 0) is 40.7 Å². The molecule has 0 saturated carbocycles. The van der Waals surface area contributed by atoms with Gasteiger partial charge in [-0.15, -0.1) is 0 Å². The Labute approximate surface area is 211 Å². The Kier molecular flexibility index (Phi) is 7.88. The smallest absolute Gasteiger partial charge is 1.00 e. The van der Waals surface area contributed by atoms with Crippen LogP contribution in [0.15, 0.2) is 24.3 Å². The molecular weight excluding hydrogens is 523 g/mol. The summed E-state index contributed by atoms with van der Waals surface area (Å²) in [4.78, 5) is 25.5. The molecule has 2 aliphatic rings. The van der Waals surface area contributed by atoms with Gasteiger partial charge < -0.3 is 14.7 Å². The molecule has 3 rings (SSSR count). The Morgan fingerprint density at radius 1 is 1.03 bits per heavy atom. The topological polar surface area (TPSA) is 222 Å². The summed E-state index contributed by atoms with van der Waals surface area (Å²) in [6.07, 6.45) is 2.19. The van der Waals surface area contributed by atoms with Gasteiger partial charge in [-0.05, 0) is 30.2 Å². The van der Waals surface area contributed by atoms with Crippen molar-refractivity contribution in [1.82, 2.24) is 9.21 Å². The molecule has 2 heterocycles. The first-order chi connectivity index (χ1) is 14.6. The van der Waals surface area contributed by atoms with Crippen LogP contribution in [0.2, 0.25) is 0 Å². The minimum absolute atomic E-state index is 0.